The highest BCUT2D eigenvalue weighted by Crippen LogP contribution is 2.36. The molecule has 112 heavy (non-hydrogen) atoms. The average Bonchev–Trinajstić information content (AvgIpc) is 0.899. The van der Waals surface area contributed by atoms with E-state index in [4.69, 9.17) is 9.52 Å². The highest BCUT2D eigenvalue weighted by Gasteiger charge is 2.22. The molecule has 0 aliphatic carbocycles. The molecule has 16 aromatic rings. The van der Waals surface area contributed by atoms with Gasteiger partial charge in [-0.25, -0.2) is 28.5 Å². The van der Waals surface area contributed by atoms with Crippen LogP contribution >= 0.6 is 22.7 Å². The van der Waals surface area contributed by atoms with E-state index in [9.17, 15) is 4.39 Å². The molecule has 0 saturated heterocycles. The summed E-state index contributed by atoms with van der Waals surface area (Å²) in [6, 6.07) is 49.0. The molecule has 6 aromatic carbocycles. The van der Waals surface area contributed by atoms with E-state index in [0.29, 0.717) is 12.1 Å². The Labute approximate surface area is 668 Å². The molecule has 19 heteroatoms. The van der Waals surface area contributed by atoms with Crippen LogP contribution in [0.4, 0.5) is 4.39 Å². The van der Waals surface area contributed by atoms with Crippen LogP contribution in [-0.2, 0) is 49.9 Å². The number of oxazole rings is 1. The summed E-state index contributed by atoms with van der Waals surface area (Å²) in [5.74, 6) is -0.253. The molecule has 0 aliphatic heterocycles. The van der Waals surface area contributed by atoms with Crippen molar-refractivity contribution in [1.82, 2.24) is 64.6 Å². The number of aromatic nitrogens is 13. The van der Waals surface area contributed by atoms with Gasteiger partial charge in [0, 0.05) is 74.9 Å². The quantitative estimate of drug-likeness (QED) is 0.175. The third-order valence-corrected chi connectivity index (χ3v) is 20.9. The van der Waals surface area contributed by atoms with Crippen LogP contribution in [0.2, 0.25) is 0 Å². The maximum atomic E-state index is 14.0. The lowest BCUT2D eigenvalue weighted by Gasteiger charge is -2.20. The van der Waals surface area contributed by atoms with Crippen LogP contribution in [0.15, 0.2) is 222 Å². The number of nitrogens with zero attached hydrogens (tertiary/aromatic N) is 13. The largest absolute Gasteiger partial charge is 0.443 e. The Morgan fingerprint density at radius 3 is 1.62 bits per heavy atom. The van der Waals surface area contributed by atoms with Crippen LogP contribution in [0.25, 0.3) is 81.1 Å². The topological polar surface area (TPSA) is 198 Å². The molecular formula is C93H112FN13O3S2. The Bertz CT molecular complexity index is 5310. The molecule has 0 aliphatic rings. The van der Waals surface area contributed by atoms with Crippen LogP contribution in [0.3, 0.4) is 0 Å². The Morgan fingerprint density at radius 2 is 0.991 bits per heavy atom. The van der Waals surface area contributed by atoms with E-state index in [1.807, 2.05) is 90.2 Å². The summed E-state index contributed by atoms with van der Waals surface area (Å²) >= 11 is 3.57. The lowest BCUT2D eigenvalue weighted by atomic mass is 9.85. The van der Waals surface area contributed by atoms with E-state index < -0.39 is 0 Å². The molecule has 586 valence electrons. The number of aliphatic hydroxyl groups excluding tert-OH is 1. The molecule has 0 saturated carbocycles. The van der Waals surface area contributed by atoms with Crippen LogP contribution in [0, 0.1) is 5.82 Å². The van der Waals surface area contributed by atoms with Crippen molar-refractivity contribution in [2.45, 2.75) is 216 Å². The number of benzene rings is 6. The van der Waals surface area contributed by atoms with Crippen LogP contribution < -0.4 is 0 Å². The number of aliphatic hydroxyl groups is 1. The number of thiophene rings is 1. The summed E-state index contributed by atoms with van der Waals surface area (Å²) in [6.07, 6.45) is 17.6. The van der Waals surface area contributed by atoms with Crippen molar-refractivity contribution in [3.8, 4) is 11.1 Å². The van der Waals surface area contributed by atoms with Gasteiger partial charge < -0.3 is 9.52 Å². The van der Waals surface area contributed by atoms with Crippen molar-refractivity contribution in [1.29, 1.82) is 0 Å². The zero-order valence-electron chi connectivity index (χ0n) is 69.9. The fourth-order valence-corrected chi connectivity index (χ4v) is 13.3. The molecule has 0 atom stereocenters. The Morgan fingerprint density at radius 1 is 0.429 bits per heavy atom. The second kappa shape index (κ2) is 35.6. The molecule has 0 amide bonds. The summed E-state index contributed by atoms with van der Waals surface area (Å²) in [7, 11) is 0. The molecule has 10 aromatic heterocycles. The van der Waals surface area contributed by atoms with Gasteiger partial charge in [-0.1, -0.05) is 221 Å². The number of halogens is 1. The highest BCUT2D eigenvalue weighted by atomic mass is 32.1. The SMILES string of the molecule is CC(C)(C)c1cc2cnccc2s1.CC(C)(C)c1ccc(F)c(-c2cnn(CCO)c2)c1.CC(C)(C)c1ccc2nccnc2c1.CC(C)(C)c1ccc2ncnn2c1.CC(C)(C)c1ccc2ncoc2c1.CC(C)(C)c1ccc2ncsc2c1.CC(C)(C)c1ccc2nonc2c1.CC(C)(C)c1ccnc2ccccc12. The van der Waals surface area contributed by atoms with Gasteiger partial charge in [0.1, 0.15) is 28.7 Å². The van der Waals surface area contributed by atoms with Crippen LogP contribution in [0.5, 0.6) is 0 Å². The first-order chi connectivity index (χ1) is 52.4. The van der Waals surface area contributed by atoms with Crippen molar-refractivity contribution >= 4 is 92.7 Å². The van der Waals surface area contributed by atoms with Gasteiger partial charge in [0.25, 0.3) is 0 Å². The van der Waals surface area contributed by atoms with Gasteiger partial charge in [-0.15, -0.1) is 22.7 Å². The van der Waals surface area contributed by atoms with Gasteiger partial charge in [-0.3, -0.25) is 24.6 Å². The highest BCUT2D eigenvalue weighted by molar-refractivity contribution is 7.19. The van der Waals surface area contributed by atoms with E-state index in [2.05, 4.69) is 317 Å². The first-order valence-corrected chi connectivity index (χ1v) is 39.7. The summed E-state index contributed by atoms with van der Waals surface area (Å²) < 4.78 is 29.9. The maximum absolute atomic E-state index is 14.0. The summed E-state index contributed by atoms with van der Waals surface area (Å²) in [6.45, 7) is 53.1. The second-order valence-corrected chi connectivity index (χ2v) is 38.1. The Hall–Kier alpha value is -10.3. The third-order valence-electron chi connectivity index (χ3n) is 18.6. The van der Waals surface area contributed by atoms with Crippen molar-refractivity contribution < 1.29 is 18.5 Å². The maximum Gasteiger partial charge on any atom is 0.181 e. The fourth-order valence-electron chi connectivity index (χ4n) is 11.5. The minimum absolute atomic E-state index is 0.0195. The number of hydrogen-bond donors (Lipinski definition) is 1. The lowest BCUT2D eigenvalue weighted by molar-refractivity contribution is 0.269. The number of hydrogen-bond acceptors (Lipinski definition) is 16. The molecule has 0 bridgehead atoms. The fraction of sp³-hybridized carbons (Fsp3) is 0.366. The van der Waals surface area contributed by atoms with Gasteiger partial charge in [0.15, 0.2) is 17.6 Å². The lowest BCUT2D eigenvalue weighted by Crippen LogP contribution is -2.12. The van der Waals surface area contributed by atoms with Gasteiger partial charge in [-0.05, 0) is 184 Å². The molecule has 0 unspecified atom stereocenters. The molecule has 16 nitrogen and oxygen atoms in total. The molecule has 1 N–H and O–H groups in total. The van der Waals surface area contributed by atoms with Crippen molar-refractivity contribution in [2.24, 2.45) is 0 Å². The van der Waals surface area contributed by atoms with Gasteiger partial charge in [-0.2, -0.15) is 10.2 Å². The average molecular weight is 1540 g/mol. The van der Waals surface area contributed by atoms with Crippen LogP contribution in [-0.4, -0.2) is 76.3 Å². The summed E-state index contributed by atoms with van der Waals surface area (Å²) in [5, 5.41) is 27.2. The molecule has 10 heterocycles. The Balaban J connectivity index is 0.000000147. The molecule has 0 radical (unpaired) electrons. The third kappa shape index (κ3) is 23.6. The number of thiazole rings is 1. The van der Waals surface area contributed by atoms with E-state index >= 15 is 0 Å². The van der Waals surface area contributed by atoms with Gasteiger partial charge in [0.2, 0.25) is 0 Å². The van der Waals surface area contributed by atoms with E-state index in [1.165, 1.54) is 70.9 Å². The number of rotatable bonds is 3. The van der Waals surface area contributed by atoms with Crippen molar-refractivity contribution in [2.75, 3.05) is 6.61 Å². The van der Waals surface area contributed by atoms with E-state index in [1.54, 1.807) is 51.6 Å². The van der Waals surface area contributed by atoms with Gasteiger partial charge in [0.05, 0.1) is 51.6 Å². The first kappa shape index (κ1) is 85.7. The van der Waals surface area contributed by atoms with E-state index in [0.717, 1.165) is 61.0 Å². The zero-order chi connectivity index (χ0) is 81.8. The summed E-state index contributed by atoms with van der Waals surface area (Å²) in [4.78, 5) is 30.9. The predicted octanol–water partition coefficient (Wildman–Crippen LogP) is 24.3. The number of pyridine rings is 3. The second-order valence-electron chi connectivity index (χ2n) is 36.1. The van der Waals surface area contributed by atoms with E-state index in [-0.39, 0.29) is 55.7 Å². The minimum atomic E-state index is -0.253. The Kier molecular flexibility index (Phi) is 27.2. The standard InChI is InChI=1S/C15H19FN2O.C13H15N.C12H14N2.C11H13NO.2C11H13NS.C10H13N3.C10H12N2O/c1-15(2,3)12-4-5-14(16)13(8-12)11-9-17-18(10-11)6-7-19;1-13(2,3)11-8-9-14-12-7-5-4-6-10(11)12;1-12(2,3)9-4-5-10-11(8-9)14-7-6-13-10;1-11(2,3)8-4-5-9-10(6-8)13-7-12-9;1-11(2,3)10-6-8-7-12-5-4-9(8)13-10;1-11(2,3)8-4-5-9-10(6-8)13-7-12-9;1-10(2,3)8-4-5-9-11-7-12-13(9)6-8;1-10(2,3)7-4-5-8-9(6-7)12-13-11-8/h4-5,8-10,19H,6-7H2,1-3H3;4-9H,1-3H3;4-8H,1-3H3;4*4-7H,1-3H3;4-6H,1-3H3. The molecular weight excluding hydrogens is 1430 g/mol. The van der Waals surface area contributed by atoms with Crippen LogP contribution in [0.1, 0.15) is 210 Å². The zero-order valence-corrected chi connectivity index (χ0v) is 71.5. The minimum Gasteiger partial charge on any atom is -0.443 e. The normalized spacial score (nSPS) is 12.1. The summed E-state index contributed by atoms with van der Waals surface area (Å²) in [5.41, 5.74) is 21.8. The number of fused-ring (bicyclic) bond motifs is 7. The molecule has 0 fully saturated rings. The smallest absolute Gasteiger partial charge is 0.181 e. The van der Waals surface area contributed by atoms with Crippen molar-refractivity contribution in [3.05, 3.63) is 263 Å². The van der Waals surface area contributed by atoms with Gasteiger partial charge >= 0.3 is 0 Å². The first-order valence-electron chi connectivity index (χ1n) is 38.0. The monoisotopic (exact) mass is 1540 g/mol. The number of para-hydroxylation sites is 1. The van der Waals surface area contributed by atoms with Crippen molar-refractivity contribution in [3.63, 3.8) is 0 Å². The molecule has 16 rings (SSSR count). The molecule has 0 spiro atoms. The predicted molar refractivity (Wildman–Crippen MR) is 464 cm³/mol.